The molecule has 4 rings (SSSR count). The number of nitrogens with one attached hydrogen (secondary N) is 1. The Morgan fingerprint density at radius 1 is 1.14 bits per heavy atom. The molecule has 0 bridgehead atoms. The smallest absolute Gasteiger partial charge is 0.274 e. The van der Waals surface area contributed by atoms with E-state index >= 15 is 0 Å². The Hall–Kier alpha value is -3.29. The molecule has 0 radical (unpaired) electrons. The van der Waals surface area contributed by atoms with Crippen molar-refractivity contribution in [1.29, 1.82) is 0 Å². The van der Waals surface area contributed by atoms with Crippen molar-refractivity contribution in [3.05, 3.63) is 68.3 Å². The second-order valence-electron chi connectivity index (χ2n) is 7.59. The zero-order valence-electron chi connectivity index (χ0n) is 16.5. The highest BCUT2D eigenvalue weighted by atomic mass is 16.2. The van der Waals surface area contributed by atoms with Crippen LogP contribution in [0.15, 0.2) is 40.2 Å². The van der Waals surface area contributed by atoms with Gasteiger partial charge in [0.15, 0.2) is 5.69 Å². The largest absolute Gasteiger partial charge is 0.337 e. The highest BCUT2D eigenvalue weighted by Gasteiger charge is 2.26. The van der Waals surface area contributed by atoms with E-state index in [-0.39, 0.29) is 22.7 Å². The van der Waals surface area contributed by atoms with Gasteiger partial charge in [0.2, 0.25) is 0 Å². The second kappa shape index (κ2) is 7.62. The van der Waals surface area contributed by atoms with Crippen LogP contribution in [0.4, 0.5) is 0 Å². The fourth-order valence-corrected chi connectivity index (χ4v) is 3.83. The SMILES string of the molecule is Cc1ncn(CC2CCN(C(=O)c3n[nH]c(=O)c4ccccc34)CC2)c(=O)c1C. The molecule has 3 aromatic rings. The molecule has 0 atom stereocenters. The van der Waals surface area contributed by atoms with E-state index in [1.807, 2.05) is 6.92 Å². The Morgan fingerprint density at radius 2 is 1.83 bits per heavy atom. The summed E-state index contributed by atoms with van der Waals surface area (Å²) in [5, 5.41) is 7.46. The normalized spacial score (nSPS) is 15.0. The number of benzene rings is 1. The van der Waals surface area contributed by atoms with Gasteiger partial charge in [-0.2, -0.15) is 5.10 Å². The molecule has 29 heavy (non-hydrogen) atoms. The molecule has 1 amide bonds. The number of rotatable bonds is 3. The van der Waals surface area contributed by atoms with E-state index in [9.17, 15) is 14.4 Å². The molecule has 0 unspecified atom stereocenters. The zero-order chi connectivity index (χ0) is 20.5. The van der Waals surface area contributed by atoms with Crippen molar-refractivity contribution >= 4 is 16.7 Å². The topological polar surface area (TPSA) is 101 Å². The fourth-order valence-electron chi connectivity index (χ4n) is 3.83. The van der Waals surface area contributed by atoms with E-state index in [2.05, 4.69) is 15.2 Å². The van der Waals surface area contributed by atoms with Crippen LogP contribution in [-0.2, 0) is 6.54 Å². The molecule has 1 aliphatic heterocycles. The Balaban J connectivity index is 1.47. The molecule has 0 aliphatic carbocycles. The number of piperidine rings is 1. The third-order valence-corrected chi connectivity index (χ3v) is 5.77. The first-order valence-electron chi connectivity index (χ1n) is 9.75. The Bertz CT molecular complexity index is 1190. The zero-order valence-corrected chi connectivity index (χ0v) is 16.5. The lowest BCUT2D eigenvalue weighted by Crippen LogP contribution is -2.41. The number of hydrogen-bond donors (Lipinski definition) is 1. The third-order valence-electron chi connectivity index (χ3n) is 5.77. The number of nitrogens with zero attached hydrogens (tertiary/aromatic N) is 4. The molecule has 1 saturated heterocycles. The summed E-state index contributed by atoms with van der Waals surface area (Å²) < 4.78 is 1.67. The molecule has 1 aromatic carbocycles. The molecule has 1 aliphatic rings. The van der Waals surface area contributed by atoms with Crippen LogP contribution >= 0.6 is 0 Å². The van der Waals surface area contributed by atoms with Crippen molar-refractivity contribution in [3.8, 4) is 0 Å². The first kappa shape index (κ1) is 19.0. The maximum absolute atomic E-state index is 13.0. The quantitative estimate of drug-likeness (QED) is 0.729. The summed E-state index contributed by atoms with van der Waals surface area (Å²) >= 11 is 0. The van der Waals surface area contributed by atoms with Gasteiger partial charge in [-0.1, -0.05) is 18.2 Å². The monoisotopic (exact) mass is 393 g/mol. The second-order valence-corrected chi connectivity index (χ2v) is 7.59. The number of carbonyl (C=O) groups is 1. The number of aryl methyl sites for hydroxylation is 1. The van der Waals surface area contributed by atoms with Crippen LogP contribution in [0.1, 0.15) is 34.6 Å². The van der Waals surface area contributed by atoms with Crippen LogP contribution < -0.4 is 11.1 Å². The van der Waals surface area contributed by atoms with Crippen molar-refractivity contribution in [2.45, 2.75) is 33.2 Å². The van der Waals surface area contributed by atoms with E-state index < -0.39 is 0 Å². The minimum Gasteiger partial charge on any atom is -0.337 e. The predicted octanol–water partition coefficient (Wildman–Crippen LogP) is 1.65. The van der Waals surface area contributed by atoms with Gasteiger partial charge < -0.3 is 4.90 Å². The minimum atomic E-state index is -0.302. The molecular formula is C21H23N5O3. The van der Waals surface area contributed by atoms with Gasteiger partial charge in [-0.15, -0.1) is 0 Å². The summed E-state index contributed by atoms with van der Waals surface area (Å²) in [5.74, 6) is 0.127. The van der Waals surface area contributed by atoms with Crippen molar-refractivity contribution in [1.82, 2.24) is 24.6 Å². The van der Waals surface area contributed by atoms with Gasteiger partial charge in [0.25, 0.3) is 17.0 Å². The van der Waals surface area contributed by atoms with Crippen molar-refractivity contribution in [2.24, 2.45) is 5.92 Å². The summed E-state index contributed by atoms with van der Waals surface area (Å²) in [6.45, 7) is 5.41. The minimum absolute atomic E-state index is 0.0000780. The van der Waals surface area contributed by atoms with Crippen molar-refractivity contribution < 1.29 is 4.79 Å². The van der Waals surface area contributed by atoms with Crippen LogP contribution in [0.5, 0.6) is 0 Å². The van der Waals surface area contributed by atoms with Crippen molar-refractivity contribution in [3.63, 3.8) is 0 Å². The average molecular weight is 393 g/mol. The molecule has 3 heterocycles. The summed E-state index contributed by atoms with van der Waals surface area (Å²) in [6, 6.07) is 6.99. The van der Waals surface area contributed by atoms with E-state index in [1.54, 1.807) is 47.0 Å². The molecular weight excluding hydrogens is 370 g/mol. The standard InChI is InChI=1S/C21H23N5O3/c1-13-14(2)22-12-26(20(13)28)11-15-7-9-25(10-8-15)21(29)18-16-5-3-4-6-17(16)19(27)24-23-18/h3-6,12,15H,7-11H2,1-2H3,(H,24,27). The van der Waals surface area contributed by atoms with Gasteiger partial charge in [0.05, 0.1) is 11.7 Å². The number of amides is 1. The van der Waals surface area contributed by atoms with Gasteiger partial charge in [-0.05, 0) is 38.7 Å². The first-order valence-corrected chi connectivity index (χ1v) is 9.75. The van der Waals surface area contributed by atoms with Crippen LogP contribution in [0.25, 0.3) is 10.8 Å². The Morgan fingerprint density at radius 3 is 2.55 bits per heavy atom. The average Bonchev–Trinajstić information content (AvgIpc) is 2.75. The summed E-state index contributed by atoms with van der Waals surface area (Å²) in [6.07, 6.45) is 3.21. The lowest BCUT2D eigenvalue weighted by Gasteiger charge is -2.32. The lowest BCUT2D eigenvalue weighted by molar-refractivity contribution is 0.0677. The van der Waals surface area contributed by atoms with Gasteiger partial charge >= 0.3 is 0 Å². The molecule has 8 nitrogen and oxygen atoms in total. The third kappa shape index (κ3) is 3.57. The summed E-state index contributed by atoms with van der Waals surface area (Å²) in [7, 11) is 0. The number of aromatic nitrogens is 4. The van der Waals surface area contributed by atoms with Crippen LogP contribution in [0.3, 0.4) is 0 Å². The van der Waals surface area contributed by atoms with E-state index in [4.69, 9.17) is 0 Å². The number of hydrogen-bond acceptors (Lipinski definition) is 5. The van der Waals surface area contributed by atoms with Gasteiger partial charge in [-0.3, -0.25) is 19.0 Å². The molecule has 2 aromatic heterocycles. The summed E-state index contributed by atoms with van der Waals surface area (Å²) in [5.41, 5.74) is 1.40. The molecule has 1 fully saturated rings. The van der Waals surface area contributed by atoms with Crippen molar-refractivity contribution in [2.75, 3.05) is 13.1 Å². The Labute approximate surface area is 167 Å². The first-order chi connectivity index (χ1) is 14.0. The predicted molar refractivity (Wildman–Crippen MR) is 109 cm³/mol. The number of carbonyl (C=O) groups excluding carboxylic acids is 1. The lowest BCUT2D eigenvalue weighted by atomic mass is 9.96. The molecule has 1 N–H and O–H groups in total. The number of likely N-dealkylation sites (tertiary alicyclic amines) is 1. The summed E-state index contributed by atoms with van der Waals surface area (Å²) in [4.78, 5) is 43.4. The van der Waals surface area contributed by atoms with Gasteiger partial charge in [0.1, 0.15) is 0 Å². The van der Waals surface area contributed by atoms with Gasteiger partial charge in [-0.25, -0.2) is 10.1 Å². The van der Waals surface area contributed by atoms with Crippen LogP contribution in [0.2, 0.25) is 0 Å². The van der Waals surface area contributed by atoms with E-state index in [0.717, 1.165) is 18.5 Å². The van der Waals surface area contributed by atoms with Crippen LogP contribution in [0, 0.1) is 19.8 Å². The molecule has 150 valence electrons. The van der Waals surface area contributed by atoms with Gasteiger partial charge in [0, 0.05) is 36.3 Å². The number of fused-ring (bicyclic) bond motifs is 1. The highest BCUT2D eigenvalue weighted by Crippen LogP contribution is 2.22. The van der Waals surface area contributed by atoms with Crippen LogP contribution in [-0.4, -0.2) is 43.6 Å². The maximum atomic E-state index is 13.0. The Kier molecular flexibility index (Phi) is 5.00. The maximum Gasteiger partial charge on any atom is 0.274 e. The molecule has 0 spiro atoms. The number of aromatic amines is 1. The molecule has 8 heteroatoms. The van der Waals surface area contributed by atoms with E-state index in [0.29, 0.717) is 41.9 Å². The highest BCUT2D eigenvalue weighted by molar-refractivity contribution is 6.04. The number of H-pyrrole nitrogens is 1. The fraction of sp³-hybridized carbons (Fsp3) is 0.381. The van der Waals surface area contributed by atoms with E-state index in [1.165, 1.54) is 0 Å². The molecule has 0 saturated carbocycles.